The largest absolute Gasteiger partial charge is 0.338 e. The maximum Gasteiger partial charge on any atom is 0.268 e. The molecule has 2 aliphatic rings. The Hall–Kier alpha value is -2.64. The average Bonchev–Trinajstić information content (AvgIpc) is 3.38. The molecule has 31 heavy (non-hydrogen) atoms. The molecule has 6 nitrogen and oxygen atoms in total. The van der Waals surface area contributed by atoms with Gasteiger partial charge < -0.3 is 10.2 Å². The monoisotopic (exact) mass is 437 g/mol. The number of fused-ring (bicyclic) bond motifs is 1. The van der Waals surface area contributed by atoms with Crippen LogP contribution in [-0.4, -0.2) is 42.8 Å². The van der Waals surface area contributed by atoms with E-state index < -0.39 is 10.0 Å². The number of benzene rings is 2. The summed E-state index contributed by atoms with van der Waals surface area (Å²) in [5, 5.41) is 4.21. The second-order valence-corrected chi connectivity index (χ2v) is 10.6. The molecule has 3 heterocycles. The summed E-state index contributed by atoms with van der Waals surface area (Å²) in [7, 11) is -3.73. The number of amides is 1. The molecule has 2 aliphatic heterocycles. The molecule has 1 amide bonds. The highest BCUT2D eigenvalue weighted by molar-refractivity contribution is 7.90. The van der Waals surface area contributed by atoms with E-state index in [9.17, 15) is 13.2 Å². The fraction of sp³-hybridized carbons (Fsp3) is 0.375. The number of hydrogen-bond donors (Lipinski definition) is 1. The minimum absolute atomic E-state index is 0.196. The highest BCUT2D eigenvalue weighted by Crippen LogP contribution is 2.38. The van der Waals surface area contributed by atoms with Crippen molar-refractivity contribution >= 4 is 26.8 Å². The van der Waals surface area contributed by atoms with E-state index in [0.29, 0.717) is 18.6 Å². The van der Waals surface area contributed by atoms with Crippen LogP contribution >= 0.6 is 0 Å². The molecule has 1 unspecified atom stereocenters. The number of para-hydroxylation sites is 1. The lowest BCUT2D eigenvalue weighted by molar-refractivity contribution is -0.145. The van der Waals surface area contributed by atoms with E-state index in [1.165, 1.54) is 3.97 Å². The van der Waals surface area contributed by atoms with E-state index in [-0.39, 0.29) is 16.2 Å². The van der Waals surface area contributed by atoms with Crippen molar-refractivity contribution in [3.05, 3.63) is 65.9 Å². The van der Waals surface area contributed by atoms with Crippen LogP contribution in [0.5, 0.6) is 0 Å². The number of carbonyl (C=O) groups is 1. The van der Waals surface area contributed by atoms with Gasteiger partial charge in [0.15, 0.2) is 0 Å². The van der Waals surface area contributed by atoms with E-state index in [0.717, 1.165) is 48.9 Å². The number of aryl methyl sites for hydroxylation is 1. The molecule has 0 bridgehead atoms. The van der Waals surface area contributed by atoms with Crippen LogP contribution in [0.1, 0.15) is 30.4 Å². The van der Waals surface area contributed by atoms with Gasteiger partial charge in [-0.3, -0.25) is 4.79 Å². The number of likely N-dealkylation sites (tertiary alicyclic amines) is 1. The predicted octanol–water partition coefficient (Wildman–Crippen LogP) is 3.29. The third-order valence-electron chi connectivity index (χ3n) is 6.77. The van der Waals surface area contributed by atoms with Gasteiger partial charge in [0.25, 0.3) is 10.0 Å². The fourth-order valence-corrected chi connectivity index (χ4v) is 6.41. The normalized spacial score (nSPS) is 22.0. The van der Waals surface area contributed by atoms with Crippen LogP contribution in [0.25, 0.3) is 10.9 Å². The van der Waals surface area contributed by atoms with Gasteiger partial charge in [-0.1, -0.05) is 35.9 Å². The van der Waals surface area contributed by atoms with Crippen molar-refractivity contribution in [1.29, 1.82) is 0 Å². The predicted molar refractivity (Wildman–Crippen MR) is 120 cm³/mol. The van der Waals surface area contributed by atoms with Crippen LogP contribution in [-0.2, 0) is 21.4 Å². The molecule has 7 heteroatoms. The number of rotatable bonds is 4. The number of piperidine rings is 1. The zero-order chi connectivity index (χ0) is 21.6. The first kappa shape index (κ1) is 20.3. The molecular formula is C24H27N3O3S. The highest BCUT2D eigenvalue weighted by atomic mass is 32.2. The standard InChI is InChI=1S/C24H27N3O3S/c1-18-7-9-20(10-8-18)31(29,30)27-16-19(21-5-2-3-6-22(21)27)15-26-14-4-11-24(23(26)28)12-13-25-17-24/h2-3,5-10,16,25H,4,11-15,17H2,1H3. The van der Waals surface area contributed by atoms with Crippen LogP contribution in [0.15, 0.2) is 59.6 Å². The summed E-state index contributed by atoms with van der Waals surface area (Å²) >= 11 is 0. The molecule has 3 aromatic rings. The van der Waals surface area contributed by atoms with Crippen LogP contribution < -0.4 is 5.32 Å². The lowest BCUT2D eigenvalue weighted by atomic mass is 9.78. The van der Waals surface area contributed by atoms with Crippen molar-refractivity contribution in [2.45, 2.75) is 37.6 Å². The first-order chi connectivity index (χ1) is 14.9. The van der Waals surface area contributed by atoms with Crippen LogP contribution in [0, 0.1) is 12.3 Å². The minimum Gasteiger partial charge on any atom is -0.338 e. The van der Waals surface area contributed by atoms with Gasteiger partial charge in [0.1, 0.15) is 0 Å². The second-order valence-electron chi connectivity index (χ2n) is 8.82. The molecule has 0 radical (unpaired) electrons. The number of hydrogen-bond acceptors (Lipinski definition) is 4. The molecule has 162 valence electrons. The topological polar surface area (TPSA) is 71.4 Å². The Morgan fingerprint density at radius 3 is 2.58 bits per heavy atom. The summed E-state index contributed by atoms with van der Waals surface area (Å²) in [4.78, 5) is 15.5. The van der Waals surface area contributed by atoms with E-state index in [1.807, 2.05) is 36.1 Å². The van der Waals surface area contributed by atoms with Crippen molar-refractivity contribution in [3.63, 3.8) is 0 Å². The molecule has 1 atom stereocenters. The first-order valence-corrected chi connectivity index (χ1v) is 12.3. The Morgan fingerprint density at radius 1 is 1.06 bits per heavy atom. The van der Waals surface area contributed by atoms with Gasteiger partial charge in [0.05, 0.1) is 15.8 Å². The van der Waals surface area contributed by atoms with Crippen molar-refractivity contribution in [2.24, 2.45) is 5.41 Å². The Labute approximate surface area is 182 Å². The maximum absolute atomic E-state index is 13.4. The molecule has 2 aromatic carbocycles. The summed E-state index contributed by atoms with van der Waals surface area (Å²) in [6.07, 6.45) is 4.49. The Balaban J connectivity index is 1.54. The van der Waals surface area contributed by atoms with Gasteiger partial charge in [-0.15, -0.1) is 0 Å². The number of nitrogens with zero attached hydrogens (tertiary/aromatic N) is 2. The summed E-state index contributed by atoms with van der Waals surface area (Å²) < 4.78 is 28.2. The minimum atomic E-state index is -3.73. The SMILES string of the molecule is Cc1ccc(S(=O)(=O)n2cc(CN3CCCC4(CCNC4)C3=O)c3ccccc32)cc1. The lowest BCUT2D eigenvalue weighted by Crippen LogP contribution is -2.49. The lowest BCUT2D eigenvalue weighted by Gasteiger charge is -2.39. The smallest absolute Gasteiger partial charge is 0.268 e. The van der Waals surface area contributed by atoms with Crippen molar-refractivity contribution < 1.29 is 13.2 Å². The quantitative estimate of drug-likeness (QED) is 0.680. The van der Waals surface area contributed by atoms with Crippen LogP contribution in [0.2, 0.25) is 0 Å². The fourth-order valence-electron chi connectivity index (χ4n) is 5.01. The maximum atomic E-state index is 13.4. The Kier molecular flexibility index (Phi) is 4.90. The van der Waals surface area contributed by atoms with Gasteiger partial charge in [0, 0.05) is 31.2 Å². The summed E-state index contributed by atoms with van der Waals surface area (Å²) in [5.74, 6) is 0.196. The van der Waals surface area contributed by atoms with Crippen LogP contribution in [0.3, 0.4) is 0 Å². The van der Waals surface area contributed by atoms with Gasteiger partial charge in [-0.25, -0.2) is 12.4 Å². The molecule has 1 spiro atoms. The number of carbonyl (C=O) groups excluding carboxylic acids is 1. The average molecular weight is 438 g/mol. The molecule has 5 rings (SSSR count). The molecule has 0 saturated carbocycles. The molecule has 2 saturated heterocycles. The molecule has 2 fully saturated rings. The molecule has 1 aromatic heterocycles. The Bertz CT molecular complexity index is 1240. The van der Waals surface area contributed by atoms with Crippen molar-refractivity contribution in [2.75, 3.05) is 19.6 Å². The van der Waals surface area contributed by atoms with Crippen LogP contribution in [0.4, 0.5) is 0 Å². The molecular weight excluding hydrogens is 410 g/mol. The zero-order valence-electron chi connectivity index (χ0n) is 17.7. The zero-order valence-corrected chi connectivity index (χ0v) is 18.5. The van der Waals surface area contributed by atoms with E-state index in [2.05, 4.69) is 5.32 Å². The Morgan fingerprint density at radius 2 is 1.84 bits per heavy atom. The third kappa shape index (κ3) is 3.36. The van der Waals surface area contributed by atoms with Gasteiger partial charge >= 0.3 is 0 Å². The van der Waals surface area contributed by atoms with E-state index >= 15 is 0 Å². The summed E-state index contributed by atoms with van der Waals surface area (Å²) in [5.41, 5.74) is 2.23. The summed E-state index contributed by atoms with van der Waals surface area (Å²) in [6.45, 7) is 4.70. The summed E-state index contributed by atoms with van der Waals surface area (Å²) in [6, 6.07) is 14.4. The van der Waals surface area contributed by atoms with Gasteiger partial charge in [-0.2, -0.15) is 0 Å². The third-order valence-corrected chi connectivity index (χ3v) is 8.46. The van der Waals surface area contributed by atoms with Gasteiger partial charge in [-0.05, 0) is 56.5 Å². The number of nitrogens with one attached hydrogen (secondary N) is 1. The first-order valence-electron chi connectivity index (χ1n) is 10.8. The second kappa shape index (κ2) is 7.50. The van der Waals surface area contributed by atoms with Gasteiger partial charge in [0.2, 0.25) is 5.91 Å². The molecule has 0 aliphatic carbocycles. The van der Waals surface area contributed by atoms with Crippen molar-refractivity contribution in [3.8, 4) is 0 Å². The van der Waals surface area contributed by atoms with E-state index in [1.54, 1.807) is 30.5 Å². The van der Waals surface area contributed by atoms with E-state index in [4.69, 9.17) is 0 Å². The molecule has 1 N–H and O–H groups in total. The number of aromatic nitrogens is 1. The highest BCUT2D eigenvalue weighted by Gasteiger charge is 2.45. The van der Waals surface area contributed by atoms with Crippen molar-refractivity contribution in [1.82, 2.24) is 14.2 Å².